The summed E-state index contributed by atoms with van der Waals surface area (Å²) in [4.78, 5) is 24.9. The molecule has 196 valence electrons. The zero-order valence-electron chi connectivity index (χ0n) is 19.7. The Kier molecular flexibility index (Phi) is 10.5. The van der Waals surface area contributed by atoms with Gasteiger partial charge in [-0.05, 0) is 32.6 Å². The molecule has 4 N–H and O–H groups in total. The average molecular weight is 505 g/mol. The van der Waals surface area contributed by atoms with E-state index in [4.69, 9.17) is 14.3 Å². The molecular formula is C21H33F3N7O4+. The number of rotatable bonds is 6. The number of anilines is 1. The second-order valence-electron chi connectivity index (χ2n) is 8.53. The van der Waals surface area contributed by atoms with E-state index in [-0.39, 0.29) is 29.4 Å². The number of ether oxygens (including phenoxy) is 1. The lowest BCUT2D eigenvalue weighted by atomic mass is 9.91. The van der Waals surface area contributed by atoms with E-state index in [1.807, 2.05) is 20.5 Å². The first-order valence-electron chi connectivity index (χ1n) is 11.3. The van der Waals surface area contributed by atoms with Crippen molar-refractivity contribution in [3.8, 4) is 0 Å². The van der Waals surface area contributed by atoms with Crippen LogP contribution < -0.4 is 15.3 Å². The second-order valence-corrected chi connectivity index (χ2v) is 8.53. The molecule has 35 heavy (non-hydrogen) atoms. The number of aromatic nitrogens is 4. The first-order chi connectivity index (χ1) is 16.7. The smallest absolute Gasteiger partial charge is 0.367 e. The molecule has 1 unspecified atom stereocenters. The molecule has 14 heteroatoms. The van der Waals surface area contributed by atoms with Gasteiger partial charge >= 0.3 is 6.18 Å². The van der Waals surface area contributed by atoms with E-state index >= 15 is 0 Å². The van der Waals surface area contributed by atoms with E-state index < -0.39 is 12.6 Å². The molecule has 2 aliphatic rings. The molecule has 1 saturated heterocycles. The fourth-order valence-electron chi connectivity index (χ4n) is 4.40. The van der Waals surface area contributed by atoms with Gasteiger partial charge in [0.15, 0.2) is 5.65 Å². The Morgan fingerprint density at radius 2 is 1.86 bits per heavy atom. The molecule has 0 spiro atoms. The minimum atomic E-state index is -4.12. The lowest BCUT2D eigenvalue weighted by Gasteiger charge is -2.34. The maximum atomic E-state index is 12.3. The third-order valence-corrected chi connectivity index (χ3v) is 6.03. The van der Waals surface area contributed by atoms with Gasteiger partial charge in [-0.1, -0.05) is 0 Å². The number of hydroxylamine groups is 2. The number of carbonyl (C=O) groups excluding carboxylic acids is 2. The molecule has 0 amide bonds. The number of fused-ring (bicyclic) bond motifs is 1. The fraction of sp³-hybridized carbons (Fsp3) is 0.667. The van der Waals surface area contributed by atoms with Gasteiger partial charge in [-0.15, -0.1) is 9.75 Å². The van der Waals surface area contributed by atoms with Gasteiger partial charge in [0.05, 0.1) is 13.0 Å². The molecule has 2 aromatic heterocycles. The van der Waals surface area contributed by atoms with Gasteiger partial charge in [-0.2, -0.15) is 18.2 Å². The van der Waals surface area contributed by atoms with Crippen LogP contribution >= 0.6 is 0 Å². The molecule has 0 aromatic carbocycles. The first-order valence-corrected chi connectivity index (χ1v) is 11.3. The van der Waals surface area contributed by atoms with Crippen molar-refractivity contribution in [1.82, 2.24) is 30.1 Å². The van der Waals surface area contributed by atoms with Crippen LogP contribution in [0, 0.1) is 0 Å². The molecule has 1 aliphatic heterocycles. The Hall–Kier alpha value is -2.68. The predicted molar refractivity (Wildman–Crippen MR) is 123 cm³/mol. The van der Waals surface area contributed by atoms with Crippen LogP contribution in [-0.2, 0) is 14.3 Å². The molecule has 1 saturated carbocycles. The summed E-state index contributed by atoms with van der Waals surface area (Å²) < 4.78 is 42.1. The molecule has 0 radical (unpaired) electrons. The van der Waals surface area contributed by atoms with Crippen molar-refractivity contribution >= 4 is 36.4 Å². The third kappa shape index (κ3) is 7.92. The van der Waals surface area contributed by atoms with E-state index in [1.54, 1.807) is 6.20 Å². The number of quaternary nitrogens is 1. The van der Waals surface area contributed by atoms with Crippen LogP contribution in [0.25, 0.3) is 11.0 Å². The van der Waals surface area contributed by atoms with Crippen LogP contribution in [0.5, 0.6) is 0 Å². The fourth-order valence-corrected chi connectivity index (χ4v) is 4.40. The van der Waals surface area contributed by atoms with Crippen LogP contribution in [0.1, 0.15) is 39.0 Å². The summed E-state index contributed by atoms with van der Waals surface area (Å²) in [5.41, 5.74) is 0.473. The minimum absolute atomic E-state index is 0.0384. The van der Waals surface area contributed by atoms with Gasteiger partial charge in [0.2, 0.25) is 5.95 Å². The number of halogens is 3. The molecule has 0 bridgehead atoms. The standard InChI is InChI=1S/C19H29F3N7O2.2CH2O/c1-12-11-29(30,8-9-31-12)17-15-10-24-18(26-16(15)27-28-17)25-14-4-2-13(3-5-14)23-7-6-19(20,21)22;2*1-2/h10,12-14,23,30H,2-9,11H2,1H3,(H2,24,25,26,27,28);2*1H2/q+1;;/t12-,13?,14?,29?;;/m0../s1. The predicted octanol–water partition coefficient (Wildman–Crippen LogP) is 2.36. The van der Waals surface area contributed by atoms with E-state index in [0.717, 1.165) is 25.7 Å². The number of morpholine rings is 1. The summed E-state index contributed by atoms with van der Waals surface area (Å²) in [6.45, 7) is 7.16. The van der Waals surface area contributed by atoms with E-state index in [2.05, 4.69) is 30.8 Å². The van der Waals surface area contributed by atoms with Crippen LogP contribution in [0.2, 0.25) is 0 Å². The SMILES string of the molecule is C=O.C=O.C[C@H]1C[N+](O)(c2[nH]nc3nc(NC4CCC(NCCC(F)(F)F)CC4)ncc23)CCO1. The molecule has 2 atom stereocenters. The average Bonchev–Trinajstić information content (AvgIpc) is 3.26. The Morgan fingerprint density at radius 1 is 1.20 bits per heavy atom. The molecule has 3 heterocycles. The summed E-state index contributed by atoms with van der Waals surface area (Å²) in [7, 11) is 0. The Morgan fingerprint density at radius 3 is 2.49 bits per heavy atom. The number of aromatic amines is 1. The highest BCUT2D eigenvalue weighted by Gasteiger charge is 2.39. The van der Waals surface area contributed by atoms with Gasteiger partial charge in [-0.25, -0.2) is 15.3 Å². The number of alkyl halides is 3. The molecule has 1 aliphatic carbocycles. The topological polar surface area (TPSA) is 142 Å². The first kappa shape index (κ1) is 28.6. The van der Waals surface area contributed by atoms with Crippen molar-refractivity contribution in [2.45, 2.75) is 63.4 Å². The monoisotopic (exact) mass is 504 g/mol. The molecule has 2 aromatic rings. The van der Waals surface area contributed by atoms with E-state index in [0.29, 0.717) is 42.5 Å². The number of nitrogens with one attached hydrogen (secondary N) is 3. The molecular weight excluding hydrogens is 471 g/mol. The molecule has 4 rings (SSSR count). The lowest BCUT2D eigenvalue weighted by molar-refractivity contribution is -0.156. The number of nitrogens with zero attached hydrogens (tertiary/aromatic N) is 4. The Balaban J connectivity index is 0.00000103. The summed E-state index contributed by atoms with van der Waals surface area (Å²) >= 11 is 0. The van der Waals surface area contributed by atoms with Gasteiger partial charge in [0, 0.05) is 24.8 Å². The highest BCUT2D eigenvalue weighted by molar-refractivity contribution is 5.86. The van der Waals surface area contributed by atoms with Crippen molar-refractivity contribution in [2.75, 3.05) is 31.6 Å². The second kappa shape index (κ2) is 12.9. The van der Waals surface area contributed by atoms with E-state index in [1.165, 1.54) is 0 Å². The quantitative estimate of drug-likeness (QED) is 0.436. The minimum Gasteiger partial charge on any atom is -0.367 e. The number of H-pyrrole nitrogens is 1. The third-order valence-electron chi connectivity index (χ3n) is 6.03. The zero-order valence-corrected chi connectivity index (χ0v) is 19.7. The molecule has 2 fully saturated rings. The summed E-state index contributed by atoms with van der Waals surface area (Å²) in [6, 6.07) is 0.269. The normalized spacial score (nSPS) is 26.7. The van der Waals surface area contributed by atoms with Crippen molar-refractivity contribution in [2.24, 2.45) is 0 Å². The summed E-state index contributed by atoms with van der Waals surface area (Å²) in [5, 5.41) is 25.1. The van der Waals surface area contributed by atoms with Gasteiger partial charge < -0.3 is 25.0 Å². The van der Waals surface area contributed by atoms with Crippen LogP contribution in [-0.4, -0.2) is 89.6 Å². The Bertz CT molecular complexity index is 922. The van der Waals surface area contributed by atoms with Crippen LogP contribution in [0.4, 0.5) is 24.9 Å². The maximum Gasteiger partial charge on any atom is 0.390 e. The molecule has 11 nitrogen and oxygen atoms in total. The summed E-state index contributed by atoms with van der Waals surface area (Å²) in [5.74, 6) is 1.01. The van der Waals surface area contributed by atoms with E-state index in [9.17, 15) is 18.4 Å². The zero-order chi connectivity index (χ0) is 26.1. The number of hydrogen-bond acceptors (Lipinski definition) is 9. The Labute approximate surface area is 201 Å². The highest BCUT2D eigenvalue weighted by atomic mass is 19.4. The van der Waals surface area contributed by atoms with Crippen molar-refractivity contribution in [1.29, 1.82) is 0 Å². The number of hydrogen-bond donors (Lipinski definition) is 4. The number of carbonyl (C=O) groups is 2. The van der Waals surface area contributed by atoms with Gasteiger partial charge in [-0.3, -0.25) is 0 Å². The lowest BCUT2D eigenvalue weighted by Crippen LogP contribution is -2.56. The van der Waals surface area contributed by atoms with Crippen LogP contribution in [0.15, 0.2) is 6.20 Å². The van der Waals surface area contributed by atoms with Gasteiger partial charge in [0.1, 0.15) is 38.2 Å². The maximum absolute atomic E-state index is 12.3. The van der Waals surface area contributed by atoms with Crippen molar-refractivity contribution < 1.29 is 32.7 Å². The van der Waals surface area contributed by atoms with Gasteiger partial charge in [0.25, 0.3) is 5.82 Å². The summed E-state index contributed by atoms with van der Waals surface area (Å²) in [6.07, 6.45) is -0.0850. The van der Waals surface area contributed by atoms with Crippen LogP contribution in [0.3, 0.4) is 0 Å². The van der Waals surface area contributed by atoms with Crippen molar-refractivity contribution in [3.63, 3.8) is 0 Å². The largest absolute Gasteiger partial charge is 0.390 e. The van der Waals surface area contributed by atoms with Crippen molar-refractivity contribution in [3.05, 3.63) is 6.20 Å². The highest BCUT2D eigenvalue weighted by Crippen LogP contribution is 2.30.